The molecule has 0 aliphatic rings. The average molecular weight is 347 g/mol. The van der Waals surface area contributed by atoms with Crippen LogP contribution in [0.25, 0.3) is 22.3 Å². The summed E-state index contributed by atoms with van der Waals surface area (Å²) in [6.45, 7) is 1.59. The van der Waals surface area contributed by atoms with Gasteiger partial charge < -0.3 is 9.30 Å². The molecule has 0 spiro atoms. The highest BCUT2D eigenvalue weighted by Gasteiger charge is 2.36. The zero-order valence-corrected chi connectivity index (χ0v) is 13.3. The Kier molecular flexibility index (Phi) is 4.14. The third-order valence-electron chi connectivity index (χ3n) is 3.57. The molecule has 0 aliphatic carbocycles. The maximum atomic E-state index is 13.4. The summed E-state index contributed by atoms with van der Waals surface area (Å²) in [7, 11) is 1.45. The van der Waals surface area contributed by atoms with Gasteiger partial charge in [0.1, 0.15) is 35.5 Å². The van der Waals surface area contributed by atoms with Gasteiger partial charge in [0.25, 0.3) is 0 Å². The maximum absolute atomic E-state index is 13.4. The number of methoxy groups -OCH3 is 1. The second-order valence-electron chi connectivity index (χ2n) is 5.29. The van der Waals surface area contributed by atoms with Crippen LogP contribution in [0, 0.1) is 18.3 Å². The lowest BCUT2D eigenvalue weighted by molar-refractivity contribution is -0.137. The zero-order valence-electron chi connectivity index (χ0n) is 13.3. The molecule has 0 amide bonds. The van der Waals surface area contributed by atoms with Gasteiger partial charge in [0.15, 0.2) is 0 Å². The molecule has 3 heterocycles. The summed E-state index contributed by atoms with van der Waals surface area (Å²) >= 11 is 0. The average Bonchev–Trinajstić information content (AvgIpc) is 2.92. The highest BCUT2D eigenvalue weighted by Crippen LogP contribution is 2.38. The topological polar surface area (TPSA) is 76.6 Å². The Labute approximate surface area is 140 Å². The van der Waals surface area contributed by atoms with Gasteiger partial charge in [0, 0.05) is 30.5 Å². The molecule has 0 atom stereocenters. The highest BCUT2D eigenvalue weighted by molar-refractivity contribution is 5.94. The van der Waals surface area contributed by atoms with E-state index in [9.17, 15) is 13.2 Å². The lowest BCUT2D eigenvalue weighted by atomic mass is 10.1. The molecule has 6 nitrogen and oxygen atoms in total. The third-order valence-corrected chi connectivity index (χ3v) is 3.57. The van der Waals surface area contributed by atoms with Crippen molar-refractivity contribution in [2.24, 2.45) is 0 Å². The summed E-state index contributed by atoms with van der Waals surface area (Å²) in [6.07, 6.45) is -2.34. The minimum absolute atomic E-state index is 0.0732. The molecule has 0 bridgehead atoms. The molecule has 0 N–H and O–H groups in total. The quantitative estimate of drug-likeness (QED) is 0.726. The summed E-state index contributed by atoms with van der Waals surface area (Å²) in [6, 6.07) is 4.92. The van der Waals surface area contributed by atoms with E-state index in [2.05, 4.69) is 15.0 Å². The van der Waals surface area contributed by atoms with Gasteiger partial charge in [-0.2, -0.15) is 18.4 Å². The minimum atomic E-state index is -4.60. The van der Waals surface area contributed by atoms with Crippen molar-refractivity contribution >= 4 is 11.0 Å². The van der Waals surface area contributed by atoms with E-state index in [0.717, 1.165) is 6.20 Å². The van der Waals surface area contributed by atoms with Crippen LogP contribution in [0.3, 0.4) is 0 Å². The Balaban J connectivity index is 2.34. The molecule has 0 radical (unpaired) electrons. The van der Waals surface area contributed by atoms with Crippen LogP contribution in [-0.4, -0.2) is 26.6 Å². The van der Waals surface area contributed by atoms with Crippen molar-refractivity contribution in [1.82, 2.24) is 19.5 Å². The molecule has 0 saturated carbocycles. The van der Waals surface area contributed by atoms with Crippen molar-refractivity contribution < 1.29 is 17.9 Å². The van der Waals surface area contributed by atoms with Crippen LogP contribution in [0.5, 0.6) is 0 Å². The molecule has 3 aromatic rings. The number of hydrogen-bond donors (Lipinski definition) is 0. The normalized spacial score (nSPS) is 11.7. The van der Waals surface area contributed by atoms with Crippen LogP contribution < -0.4 is 0 Å². The van der Waals surface area contributed by atoms with E-state index in [4.69, 9.17) is 10.00 Å². The van der Waals surface area contributed by atoms with E-state index >= 15 is 0 Å². The fourth-order valence-corrected chi connectivity index (χ4v) is 2.54. The summed E-state index contributed by atoms with van der Waals surface area (Å²) in [4.78, 5) is 11.8. The first kappa shape index (κ1) is 16.9. The van der Waals surface area contributed by atoms with E-state index < -0.39 is 11.7 Å². The van der Waals surface area contributed by atoms with E-state index in [1.165, 1.54) is 30.9 Å². The van der Waals surface area contributed by atoms with E-state index in [1.54, 1.807) is 6.07 Å². The molecule has 128 valence electrons. The van der Waals surface area contributed by atoms with Crippen molar-refractivity contribution in [2.45, 2.75) is 19.8 Å². The van der Waals surface area contributed by atoms with Crippen molar-refractivity contribution in [3.05, 3.63) is 41.6 Å². The molecule has 0 aliphatic heterocycles. The Bertz CT molecular complexity index is 988. The number of nitrogens with zero attached hydrogens (tertiary/aromatic N) is 5. The number of ether oxygens (including phenoxy) is 1. The van der Waals surface area contributed by atoms with Gasteiger partial charge in [0.05, 0.1) is 5.69 Å². The van der Waals surface area contributed by atoms with Crippen molar-refractivity contribution in [2.75, 3.05) is 7.11 Å². The number of alkyl halides is 3. The Morgan fingerprint density at radius 3 is 2.68 bits per heavy atom. The maximum Gasteiger partial charge on any atom is 0.419 e. The number of nitriles is 1. The number of aryl methyl sites for hydroxylation is 1. The highest BCUT2D eigenvalue weighted by atomic mass is 19.4. The second kappa shape index (κ2) is 6.14. The largest absolute Gasteiger partial charge is 0.419 e. The van der Waals surface area contributed by atoms with Gasteiger partial charge in [-0.1, -0.05) is 0 Å². The summed E-state index contributed by atoms with van der Waals surface area (Å²) in [5.41, 5.74) is -0.406. The Morgan fingerprint density at radius 2 is 2.04 bits per heavy atom. The molecule has 0 fully saturated rings. The van der Waals surface area contributed by atoms with Gasteiger partial charge in [-0.25, -0.2) is 15.0 Å². The monoisotopic (exact) mass is 347 g/mol. The molecule has 0 saturated heterocycles. The summed E-state index contributed by atoms with van der Waals surface area (Å²) in [5.74, 6) is 0.220. The molecule has 9 heteroatoms. The predicted molar refractivity (Wildman–Crippen MR) is 82.2 cm³/mol. The number of aromatic nitrogens is 4. The van der Waals surface area contributed by atoms with Crippen LogP contribution in [0.2, 0.25) is 0 Å². The van der Waals surface area contributed by atoms with Gasteiger partial charge in [0.2, 0.25) is 0 Å². The number of halogens is 3. The number of fused-ring (bicyclic) bond motifs is 1. The SMILES string of the molecule is COCn1cc(-c2nc(C)ncc2C(F)(F)F)c2ccc(C#N)nc21. The lowest BCUT2D eigenvalue weighted by Gasteiger charge is -2.11. The number of hydrogen-bond acceptors (Lipinski definition) is 5. The fourth-order valence-electron chi connectivity index (χ4n) is 2.54. The molecule has 0 aromatic carbocycles. The van der Waals surface area contributed by atoms with Crippen LogP contribution in [0.4, 0.5) is 13.2 Å². The Hall–Kier alpha value is -2.99. The van der Waals surface area contributed by atoms with Crippen LogP contribution >= 0.6 is 0 Å². The number of rotatable bonds is 3. The van der Waals surface area contributed by atoms with Crippen molar-refractivity contribution in [3.8, 4) is 17.3 Å². The predicted octanol–water partition coefficient (Wildman–Crippen LogP) is 3.30. The van der Waals surface area contributed by atoms with E-state index in [-0.39, 0.29) is 29.5 Å². The van der Waals surface area contributed by atoms with Crippen molar-refractivity contribution in [1.29, 1.82) is 5.26 Å². The van der Waals surface area contributed by atoms with E-state index in [1.807, 2.05) is 6.07 Å². The molecule has 25 heavy (non-hydrogen) atoms. The van der Waals surface area contributed by atoms with Gasteiger partial charge >= 0.3 is 6.18 Å². The summed E-state index contributed by atoms with van der Waals surface area (Å²) in [5, 5.41) is 9.45. The van der Waals surface area contributed by atoms with Gasteiger partial charge in [-0.05, 0) is 19.1 Å². The second-order valence-corrected chi connectivity index (χ2v) is 5.29. The first-order chi connectivity index (χ1) is 11.8. The lowest BCUT2D eigenvalue weighted by Crippen LogP contribution is -2.10. The molecule has 3 rings (SSSR count). The minimum Gasteiger partial charge on any atom is -0.364 e. The molecular weight excluding hydrogens is 335 g/mol. The first-order valence-electron chi connectivity index (χ1n) is 7.15. The van der Waals surface area contributed by atoms with Gasteiger partial charge in [-0.15, -0.1) is 0 Å². The Morgan fingerprint density at radius 1 is 1.28 bits per heavy atom. The smallest absolute Gasteiger partial charge is 0.364 e. The first-order valence-corrected chi connectivity index (χ1v) is 7.15. The van der Waals surface area contributed by atoms with Crippen molar-refractivity contribution in [3.63, 3.8) is 0 Å². The molecule has 3 aromatic heterocycles. The summed E-state index contributed by atoms with van der Waals surface area (Å²) < 4.78 is 46.7. The third kappa shape index (κ3) is 3.04. The van der Waals surface area contributed by atoms with E-state index in [0.29, 0.717) is 11.0 Å². The molecule has 0 unspecified atom stereocenters. The zero-order chi connectivity index (χ0) is 18.2. The molecular formula is C16H12F3N5O. The fraction of sp³-hybridized carbons (Fsp3) is 0.250. The van der Waals surface area contributed by atoms with Crippen LogP contribution in [0.15, 0.2) is 24.5 Å². The van der Waals surface area contributed by atoms with Gasteiger partial charge in [-0.3, -0.25) is 0 Å². The van der Waals surface area contributed by atoms with Crippen LogP contribution in [0.1, 0.15) is 17.1 Å². The van der Waals surface area contributed by atoms with Crippen LogP contribution in [-0.2, 0) is 17.6 Å². The standard InChI is InChI=1S/C16H12F3N5O/c1-9-21-6-13(16(17,18)19)14(22-9)12-7-24(8-25-2)15-11(12)4-3-10(5-20)23-15/h3-4,6-7H,8H2,1-2H3. The number of pyridine rings is 1.